The van der Waals surface area contributed by atoms with Crippen LogP contribution >= 0.6 is 0 Å². The summed E-state index contributed by atoms with van der Waals surface area (Å²) < 4.78 is 0. The van der Waals surface area contributed by atoms with E-state index < -0.39 is 21.6 Å². The first-order chi connectivity index (χ1) is 44.2. The van der Waals surface area contributed by atoms with E-state index in [1.165, 1.54) is 152 Å². The van der Waals surface area contributed by atoms with Crippen LogP contribution in [0.3, 0.4) is 0 Å². The maximum atomic E-state index is 2.61. The van der Waals surface area contributed by atoms with Crippen molar-refractivity contribution in [3.05, 3.63) is 374 Å². The highest BCUT2D eigenvalue weighted by Crippen LogP contribution is 2.59. The van der Waals surface area contributed by atoms with E-state index in [1.54, 1.807) is 0 Å². The van der Waals surface area contributed by atoms with Crippen molar-refractivity contribution in [2.24, 2.45) is 0 Å². The van der Waals surface area contributed by atoms with Gasteiger partial charge in [0.2, 0.25) is 0 Å². The van der Waals surface area contributed by atoms with Crippen LogP contribution < -0.4 is 41.5 Å². The molecule has 0 nitrogen and oxygen atoms in total. The monoisotopic (exact) mass is 1160 g/mol. The van der Waals surface area contributed by atoms with Crippen molar-refractivity contribution < 1.29 is 0 Å². The van der Waals surface area contributed by atoms with Crippen LogP contribution in [-0.4, -0.2) is 16.1 Å². The fourth-order valence-electron chi connectivity index (χ4n) is 17.1. The second kappa shape index (κ2) is 20.2. The molecule has 0 bridgehead atoms. The molecule has 89 heavy (non-hydrogen) atoms. The van der Waals surface area contributed by atoms with Gasteiger partial charge in [-0.25, -0.2) is 0 Å². The zero-order valence-corrected chi connectivity index (χ0v) is 51.0. The highest BCUT2D eigenvalue weighted by molar-refractivity contribution is 7.23. The summed E-state index contributed by atoms with van der Waals surface area (Å²) in [7, 11) is -5.98. The van der Waals surface area contributed by atoms with Gasteiger partial charge in [-0.05, 0) is 158 Å². The molecule has 0 atom stereocenters. The first-order valence-electron chi connectivity index (χ1n) is 31.2. The summed E-state index contributed by atoms with van der Waals surface area (Å²) in [5, 5.41) is 16.3. The maximum Gasteiger partial charge on any atom is 0.181 e. The van der Waals surface area contributed by atoms with Crippen LogP contribution in [0.15, 0.2) is 352 Å². The van der Waals surface area contributed by atoms with Crippen molar-refractivity contribution in [2.45, 2.75) is 5.41 Å². The molecule has 18 rings (SSSR count). The number of fused-ring (bicyclic) bond motifs is 11. The van der Waals surface area contributed by atoms with Gasteiger partial charge in [0.1, 0.15) is 0 Å². The average Bonchev–Trinajstić information content (AvgIpc) is 1.60. The van der Waals surface area contributed by atoms with E-state index in [0.29, 0.717) is 0 Å². The van der Waals surface area contributed by atoms with Crippen molar-refractivity contribution in [1.29, 1.82) is 0 Å². The van der Waals surface area contributed by atoms with Crippen molar-refractivity contribution in [3.8, 4) is 66.8 Å². The Kier molecular flexibility index (Phi) is 11.7. The molecule has 3 aliphatic rings. The standard InChI is InChI=1S/C87H58Si2/c1-7-30-59(31-8-1)87(60-32-9-2-10-33-60)79-54-22-19-44-75(79)84-76(53-29-55-80(84)87)83-69-47-25-45-65(71-49-27-51-73-67-42-20-23-56-81(67)88(85(71)73,61-34-11-3-12-35-61)62-36-13-4-14-37-62)77(69)58-78-66(46-26-48-70(78)83)72-50-28-52-74-68-43-21-24-57-82(68)89(86(72)74,63-38-15-5-16-39-63)64-40-17-6-18-41-64/h1-58H. The largest absolute Gasteiger partial charge is 0.181 e. The van der Waals surface area contributed by atoms with E-state index in [0.717, 1.165) is 0 Å². The molecule has 0 unspecified atom stereocenters. The summed E-state index contributed by atoms with van der Waals surface area (Å²) in [5.41, 5.74) is 20.0. The Hall–Kier alpha value is -10.7. The van der Waals surface area contributed by atoms with Crippen LogP contribution in [0.5, 0.6) is 0 Å². The first kappa shape index (κ1) is 51.5. The van der Waals surface area contributed by atoms with Gasteiger partial charge in [0, 0.05) is 0 Å². The summed E-state index contributed by atoms with van der Waals surface area (Å²) >= 11 is 0. The van der Waals surface area contributed by atoms with E-state index >= 15 is 0 Å². The topological polar surface area (TPSA) is 0 Å². The molecule has 0 aromatic heterocycles. The van der Waals surface area contributed by atoms with E-state index in [9.17, 15) is 0 Å². The zero-order valence-electron chi connectivity index (χ0n) is 49.0. The summed E-state index contributed by atoms with van der Waals surface area (Å²) in [6, 6.07) is 135. The van der Waals surface area contributed by atoms with Gasteiger partial charge in [0.05, 0.1) is 5.41 Å². The molecule has 2 heterocycles. The molecule has 15 aromatic carbocycles. The maximum absolute atomic E-state index is 2.99. The number of hydrogen-bond donors (Lipinski definition) is 0. The molecular formula is C87H58Si2. The normalized spacial score (nSPS) is 14.1. The van der Waals surface area contributed by atoms with Crippen LogP contribution in [-0.2, 0) is 5.41 Å². The third-order valence-corrected chi connectivity index (χ3v) is 30.2. The lowest BCUT2D eigenvalue weighted by Crippen LogP contribution is -2.73. The predicted octanol–water partition coefficient (Wildman–Crippen LogP) is 16.1. The van der Waals surface area contributed by atoms with Crippen LogP contribution in [0.2, 0.25) is 0 Å². The molecule has 15 aromatic rings. The van der Waals surface area contributed by atoms with Gasteiger partial charge in [-0.2, -0.15) is 0 Å². The van der Waals surface area contributed by atoms with E-state index in [1.807, 2.05) is 0 Å². The first-order valence-corrected chi connectivity index (χ1v) is 35.2. The second-order valence-corrected chi connectivity index (χ2v) is 31.7. The molecule has 0 spiro atoms. The number of hydrogen-bond acceptors (Lipinski definition) is 0. The van der Waals surface area contributed by atoms with Crippen LogP contribution in [0.25, 0.3) is 88.3 Å². The summed E-state index contributed by atoms with van der Waals surface area (Å²) in [6.45, 7) is 0. The number of rotatable bonds is 9. The molecule has 0 radical (unpaired) electrons. The summed E-state index contributed by atoms with van der Waals surface area (Å²) in [5.74, 6) is 0. The minimum absolute atomic E-state index is 0.577. The van der Waals surface area contributed by atoms with Gasteiger partial charge in [0.25, 0.3) is 0 Å². The van der Waals surface area contributed by atoms with E-state index in [2.05, 4.69) is 352 Å². The lowest BCUT2D eigenvalue weighted by molar-refractivity contribution is 0.768. The average molecular weight is 1160 g/mol. The molecule has 0 fully saturated rings. The Labute approximate surface area is 522 Å². The van der Waals surface area contributed by atoms with E-state index in [-0.39, 0.29) is 0 Å². The lowest BCUT2D eigenvalue weighted by Gasteiger charge is -2.34. The lowest BCUT2D eigenvalue weighted by atomic mass is 9.67. The van der Waals surface area contributed by atoms with Gasteiger partial charge >= 0.3 is 0 Å². The summed E-state index contributed by atoms with van der Waals surface area (Å²) in [6.07, 6.45) is 0. The van der Waals surface area contributed by atoms with Gasteiger partial charge in [0.15, 0.2) is 16.1 Å². The molecule has 2 heteroatoms. The summed E-state index contributed by atoms with van der Waals surface area (Å²) in [4.78, 5) is 0. The van der Waals surface area contributed by atoms with E-state index in [4.69, 9.17) is 0 Å². The fourth-order valence-corrected chi connectivity index (χ4v) is 27.9. The smallest absolute Gasteiger partial charge is 0.0623 e. The third-order valence-electron chi connectivity index (χ3n) is 20.3. The fraction of sp³-hybridized carbons (Fsp3) is 0.0115. The molecular weight excluding hydrogens is 1100 g/mol. The molecule has 414 valence electrons. The number of benzene rings is 15. The predicted molar refractivity (Wildman–Crippen MR) is 380 cm³/mol. The Balaban J connectivity index is 1.00. The van der Waals surface area contributed by atoms with Gasteiger partial charge in [-0.1, -0.05) is 346 Å². The van der Waals surface area contributed by atoms with Crippen molar-refractivity contribution in [2.75, 3.05) is 0 Å². The molecule has 0 amide bonds. The van der Waals surface area contributed by atoms with Gasteiger partial charge in [-0.3, -0.25) is 0 Å². The molecule has 0 N–H and O–H groups in total. The quantitative estimate of drug-likeness (QED) is 0.0998. The SMILES string of the molecule is c1ccc(C2(c3ccccc3)c3ccccc3-c3c(-c4c5cccc(-c6cccc7c6[Si](c6ccccc6)(c6ccccc6)c6ccccc6-7)c5cc5c(-c6cccc7c6[Si](c6ccccc6)(c6ccccc6)c6ccccc6-7)cccc45)cccc32)cc1. The second-order valence-electron chi connectivity index (χ2n) is 24.3. The Morgan fingerprint density at radius 2 is 0.494 bits per heavy atom. The third kappa shape index (κ3) is 7.10. The van der Waals surface area contributed by atoms with Crippen LogP contribution in [0.1, 0.15) is 22.3 Å². The van der Waals surface area contributed by atoms with Crippen LogP contribution in [0.4, 0.5) is 0 Å². The molecule has 1 aliphatic carbocycles. The Morgan fingerprint density at radius 1 is 0.191 bits per heavy atom. The van der Waals surface area contributed by atoms with Crippen molar-refractivity contribution >= 4 is 79.2 Å². The minimum atomic E-state index is -2.99. The Morgan fingerprint density at radius 3 is 0.933 bits per heavy atom. The van der Waals surface area contributed by atoms with Crippen LogP contribution in [0, 0.1) is 0 Å². The Bertz CT molecular complexity index is 4930. The minimum Gasteiger partial charge on any atom is -0.0623 e. The van der Waals surface area contributed by atoms with Crippen molar-refractivity contribution in [1.82, 2.24) is 0 Å². The highest BCUT2D eigenvalue weighted by atomic mass is 28.3. The molecule has 0 saturated heterocycles. The van der Waals surface area contributed by atoms with Gasteiger partial charge < -0.3 is 0 Å². The zero-order chi connectivity index (χ0) is 58.7. The van der Waals surface area contributed by atoms with Crippen molar-refractivity contribution in [3.63, 3.8) is 0 Å². The highest BCUT2D eigenvalue weighted by Gasteiger charge is 2.52. The molecule has 2 aliphatic heterocycles. The molecule has 0 saturated carbocycles. The van der Waals surface area contributed by atoms with Gasteiger partial charge in [-0.15, -0.1) is 0 Å².